The zero-order valence-electron chi connectivity index (χ0n) is 9.97. The summed E-state index contributed by atoms with van der Waals surface area (Å²) in [6.07, 6.45) is 5.35. The minimum Gasteiger partial charge on any atom is -0.300 e. The van der Waals surface area contributed by atoms with Crippen LogP contribution < -0.4 is 0 Å². The predicted molar refractivity (Wildman–Crippen MR) is 72.7 cm³/mol. The van der Waals surface area contributed by atoms with E-state index in [-0.39, 0.29) is 0 Å². The number of piperidine rings is 1. The van der Waals surface area contributed by atoms with Gasteiger partial charge in [-0.3, -0.25) is 0 Å². The Morgan fingerprint density at radius 3 is 2.65 bits per heavy atom. The molecular weight excluding hydrogens is 252 g/mol. The molecule has 2 fully saturated rings. The maximum absolute atomic E-state index is 5.92. The molecule has 2 aliphatic rings. The Bertz CT molecular complexity index is 398. The van der Waals surface area contributed by atoms with Crippen LogP contribution in [0.1, 0.15) is 25.7 Å². The monoisotopic (exact) mass is 268 g/mol. The minimum atomic E-state index is 0.603. The highest BCUT2D eigenvalue weighted by Gasteiger charge is 2.38. The SMILES string of the molecule is CN1C2CCC1CC(Sc1cccc(Cl)n1)C2. The van der Waals surface area contributed by atoms with Gasteiger partial charge in [0.2, 0.25) is 0 Å². The van der Waals surface area contributed by atoms with E-state index in [0.29, 0.717) is 5.15 Å². The molecule has 92 valence electrons. The van der Waals surface area contributed by atoms with Crippen molar-refractivity contribution in [3.8, 4) is 0 Å². The third kappa shape index (κ3) is 2.47. The Balaban J connectivity index is 1.67. The predicted octanol–water partition coefficient (Wildman–Crippen LogP) is 3.45. The molecule has 17 heavy (non-hydrogen) atoms. The molecule has 2 aliphatic heterocycles. The van der Waals surface area contributed by atoms with Crippen LogP contribution in [0.5, 0.6) is 0 Å². The van der Waals surface area contributed by atoms with Crippen molar-refractivity contribution in [1.82, 2.24) is 9.88 Å². The molecule has 1 aromatic rings. The van der Waals surface area contributed by atoms with Crippen molar-refractivity contribution in [1.29, 1.82) is 0 Å². The number of rotatable bonds is 2. The Morgan fingerprint density at radius 1 is 1.29 bits per heavy atom. The molecule has 0 N–H and O–H groups in total. The fourth-order valence-electron chi connectivity index (χ4n) is 3.08. The smallest absolute Gasteiger partial charge is 0.130 e. The molecule has 0 saturated carbocycles. The molecule has 2 unspecified atom stereocenters. The van der Waals surface area contributed by atoms with Crippen molar-refractivity contribution in [2.75, 3.05) is 7.05 Å². The second-order valence-corrected chi connectivity index (χ2v) is 6.77. The Kier molecular flexibility index (Phi) is 3.33. The molecular formula is C13H17ClN2S. The van der Waals surface area contributed by atoms with Gasteiger partial charge in [0.1, 0.15) is 5.15 Å². The molecule has 0 spiro atoms. The van der Waals surface area contributed by atoms with E-state index in [0.717, 1.165) is 22.4 Å². The van der Waals surface area contributed by atoms with Crippen LogP contribution in [0.3, 0.4) is 0 Å². The van der Waals surface area contributed by atoms with Crippen molar-refractivity contribution in [3.05, 3.63) is 23.4 Å². The summed E-state index contributed by atoms with van der Waals surface area (Å²) in [6.45, 7) is 0. The zero-order valence-corrected chi connectivity index (χ0v) is 11.5. The first-order valence-electron chi connectivity index (χ1n) is 6.23. The second kappa shape index (κ2) is 4.79. The maximum Gasteiger partial charge on any atom is 0.130 e. The van der Waals surface area contributed by atoms with Gasteiger partial charge in [-0.25, -0.2) is 4.98 Å². The number of aromatic nitrogens is 1. The van der Waals surface area contributed by atoms with E-state index >= 15 is 0 Å². The number of thioether (sulfide) groups is 1. The van der Waals surface area contributed by atoms with Gasteiger partial charge >= 0.3 is 0 Å². The van der Waals surface area contributed by atoms with Crippen LogP contribution in [0.25, 0.3) is 0 Å². The van der Waals surface area contributed by atoms with Crippen LogP contribution in [-0.4, -0.2) is 34.3 Å². The zero-order chi connectivity index (χ0) is 11.8. The molecule has 4 heteroatoms. The molecule has 2 saturated heterocycles. The fraction of sp³-hybridized carbons (Fsp3) is 0.615. The average Bonchev–Trinajstić information content (AvgIpc) is 2.52. The van der Waals surface area contributed by atoms with Crippen LogP contribution in [-0.2, 0) is 0 Å². The van der Waals surface area contributed by atoms with Crippen molar-refractivity contribution in [3.63, 3.8) is 0 Å². The molecule has 0 aliphatic carbocycles. The second-order valence-electron chi connectivity index (χ2n) is 5.06. The number of hydrogen-bond donors (Lipinski definition) is 0. The van der Waals surface area contributed by atoms with Crippen molar-refractivity contribution in [2.24, 2.45) is 0 Å². The molecule has 0 radical (unpaired) electrons. The largest absolute Gasteiger partial charge is 0.300 e. The summed E-state index contributed by atoms with van der Waals surface area (Å²) in [5.41, 5.74) is 0. The number of halogens is 1. The van der Waals surface area contributed by atoms with Crippen LogP contribution in [0.2, 0.25) is 5.15 Å². The van der Waals surface area contributed by atoms with Gasteiger partial charge in [-0.1, -0.05) is 17.7 Å². The summed E-state index contributed by atoms with van der Waals surface area (Å²) < 4.78 is 0. The molecule has 2 nitrogen and oxygen atoms in total. The number of nitrogens with zero attached hydrogens (tertiary/aromatic N) is 2. The lowest BCUT2D eigenvalue weighted by Crippen LogP contribution is -2.40. The van der Waals surface area contributed by atoms with E-state index in [1.165, 1.54) is 25.7 Å². The third-order valence-electron chi connectivity index (χ3n) is 4.03. The Labute approximate surface area is 112 Å². The highest BCUT2D eigenvalue weighted by molar-refractivity contribution is 7.99. The van der Waals surface area contributed by atoms with Crippen LogP contribution in [0, 0.1) is 0 Å². The maximum atomic E-state index is 5.92. The van der Waals surface area contributed by atoms with Gasteiger partial charge in [0.05, 0.1) is 5.03 Å². The van der Waals surface area contributed by atoms with Gasteiger partial charge < -0.3 is 4.90 Å². The van der Waals surface area contributed by atoms with Gasteiger partial charge in [0.15, 0.2) is 0 Å². The standard InChI is InChI=1S/C13H17ClN2S/c1-16-9-5-6-10(16)8-11(7-9)17-13-4-2-3-12(14)15-13/h2-4,9-11H,5-8H2,1H3. The van der Waals surface area contributed by atoms with Gasteiger partial charge in [0.25, 0.3) is 0 Å². The van der Waals surface area contributed by atoms with Crippen LogP contribution >= 0.6 is 23.4 Å². The lowest BCUT2D eigenvalue weighted by atomic mass is 10.0. The van der Waals surface area contributed by atoms with E-state index in [4.69, 9.17) is 11.6 Å². The average molecular weight is 269 g/mol. The molecule has 2 atom stereocenters. The highest BCUT2D eigenvalue weighted by atomic mass is 35.5. The van der Waals surface area contributed by atoms with E-state index < -0.39 is 0 Å². The van der Waals surface area contributed by atoms with E-state index in [2.05, 4.69) is 23.0 Å². The molecule has 3 heterocycles. The first-order chi connectivity index (χ1) is 8.22. The molecule has 3 rings (SSSR count). The van der Waals surface area contributed by atoms with Gasteiger partial charge in [-0.2, -0.15) is 0 Å². The quantitative estimate of drug-likeness (QED) is 0.765. The van der Waals surface area contributed by atoms with Crippen LogP contribution in [0.15, 0.2) is 23.2 Å². The summed E-state index contributed by atoms with van der Waals surface area (Å²) >= 11 is 7.83. The molecule has 0 amide bonds. The van der Waals surface area contributed by atoms with E-state index in [1.54, 1.807) is 0 Å². The summed E-state index contributed by atoms with van der Waals surface area (Å²) in [5.74, 6) is 0. The van der Waals surface area contributed by atoms with E-state index in [9.17, 15) is 0 Å². The van der Waals surface area contributed by atoms with Crippen molar-refractivity contribution in [2.45, 2.75) is 48.0 Å². The van der Waals surface area contributed by atoms with Gasteiger partial charge in [-0.05, 0) is 44.9 Å². The molecule has 0 aromatic carbocycles. The normalized spacial score (nSPS) is 32.9. The lowest BCUT2D eigenvalue weighted by Gasteiger charge is -2.35. The first-order valence-corrected chi connectivity index (χ1v) is 7.49. The highest BCUT2D eigenvalue weighted by Crippen LogP contribution is 2.40. The number of pyridine rings is 1. The Morgan fingerprint density at radius 2 is 2.00 bits per heavy atom. The van der Waals surface area contributed by atoms with E-state index in [1.807, 2.05) is 23.9 Å². The topological polar surface area (TPSA) is 16.1 Å². The summed E-state index contributed by atoms with van der Waals surface area (Å²) in [4.78, 5) is 6.94. The lowest BCUT2D eigenvalue weighted by molar-refractivity contribution is 0.183. The van der Waals surface area contributed by atoms with Crippen molar-refractivity contribution < 1.29 is 0 Å². The third-order valence-corrected chi connectivity index (χ3v) is 5.43. The van der Waals surface area contributed by atoms with Crippen molar-refractivity contribution >= 4 is 23.4 Å². The fourth-order valence-corrected chi connectivity index (χ4v) is 4.58. The summed E-state index contributed by atoms with van der Waals surface area (Å²) in [5, 5.41) is 2.40. The summed E-state index contributed by atoms with van der Waals surface area (Å²) in [7, 11) is 2.28. The number of fused-ring (bicyclic) bond motifs is 2. The molecule has 1 aromatic heterocycles. The summed E-state index contributed by atoms with van der Waals surface area (Å²) in [6, 6.07) is 7.48. The molecule has 2 bridgehead atoms. The van der Waals surface area contributed by atoms with Gasteiger partial charge in [-0.15, -0.1) is 11.8 Å². The van der Waals surface area contributed by atoms with Gasteiger partial charge in [0, 0.05) is 17.3 Å². The Hall–Kier alpha value is -0.250. The first kappa shape index (κ1) is 11.8. The minimum absolute atomic E-state index is 0.603. The number of hydrogen-bond acceptors (Lipinski definition) is 3. The van der Waals surface area contributed by atoms with Crippen LogP contribution in [0.4, 0.5) is 0 Å².